The number of amides is 2. The van der Waals surface area contributed by atoms with E-state index in [1.807, 2.05) is 36.4 Å². The fourth-order valence-corrected chi connectivity index (χ4v) is 5.69. The zero-order valence-corrected chi connectivity index (χ0v) is 19.0. The highest BCUT2D eigenvalue weighted by Crippen LogP contribution is 2.49. The van der Waals surface area contributed by atoms with Crippen LogP contribution in [0.2, 0.25) is 0 Å². The number of rotatable bonds is 8. The number of alkyl carbamates (subject to hydrolysis) is 1. The van der Waals surface area contributed by atoms with Crippen molar-refractivity contribution in [1.82, 2.24) is 10.6 Å². The van der Waals surface area contributed by atoms with Crippen molar-refractivity contribution in [2.45, 2.75) is 56.5 Å². The Morgan fingerprint density at radius 2 is 1.68 bits per heavy atom. The van der Waals surface area contributed by atoms with Gasteiger partial charge in [0.1, 0.15) is 12.6 Å². The molecule has 4 atom stereocenters. The van der Waals surface area contributed by atoms with E-state index in [0.717, 1.165) is 41.5 Å². The fraction of sp³-hybridized carbons (Fsp3) is 0.444. The first-order chi connectivity index (χ1) is 16.5. The van der Waals surface area contributed by atoms with E-state index in [1.165, 1.54) is 6.42 Å². The molecule has 0 aromatic heterocycles. The first-order valence-electron chi connectivity index (χ1n) is 12.1. The molecule has 0 spiro atoms. The van der Waals surface area contributed by atoms with Gasteiger partial charge in [-0.25, -0.2) is 4.79 Å². The molecular formula is C27H30N2O5. The van der Waals surface area contributed by atoms with Crippen molar-refractivity contribution < 1.29 is 24.2 Å². The van der Waals surface area contributed by atoms with Gasteiger partial charge in [0.15, 0.2) is 0 Å². The normalized spacial score (nSPS) is 23.1. The number of benzene rings is 2. The Morgan fingerprint density at radius 1 is 1.00 bits per heavy atom. The van der Waals surface area contributed by atoms with Crippen LogP contribution in [0.4, 0.5) is 4.79 Å². The largest absolute Gasteiger partial charge is 0.481 e. The molecule has 178 valence electrons. The van der Waals surface area contributed by atoms with Crippen LogP contribution in [0.25, 0.3) is 11.1 Å². The molecule has 0 saturated heterocycles. The molecule has 2 amide bonds. The molecule has 4 unspecified atom stereocenters. The predicted molar refractivity (Wildman–Crippen MR) is 126 cm³/mol. The molecule has 0 heterocycles. The molecule has 7 nitrogen and oxygen atoms in total. The van der Waals surface area contributed by atoms with Crippen LogP contribution in [-0.2, 0) is 14.3 Å². The van der Waals surface area contributed by atoms with Crippen LogP contribution in [0, 0.1) is 11.8 Å². The van der Waals surface area contributed by atoms with Crippen molar-refractivity contribution in [3.63, 3.8) is 0 Å². The number of fused-ring (bicyclic) bond motifs is 4. The lowest BCUT2D eigenvalue weighted by molar-refractivity contribution is -0.137. The first kappa shape index (κ1) is 22.4. The summed E-state index contributed by atoms with van der Waals surface area (Å²) in [5, 5.41) is 14.8. The summed E-state index contributed by atoms with van der Waals surface area (Å²) in [6, 6.07) is 15.3. The molecule has 3 aliphatic rings. The van der Waals surface area contributed by atoms with Crippen LogP contribution < -0.4 is 10.6 Å². The SMILES string of the molecule is O=C(O)CCC(NC(=O)OCC1c2ccccc2-c2ccccc21)C(=O)NC1CCCC2CC21. The summed E-state index contributed by atoms with van der Waals surface area (Å²) in [6.07, 6.45) is 3.49. The van der Waals surface area contributed by atoms with Gasteiger partial charge in [-0.05, 0) is 53.4 Å². The van der Waals surface area contributed by atoms with E-state index in [0.29, 0.717) is 11.8 Å². The molecular weight excluding hydrogens is 432 g/mol. The Hall–Kier alpha value is -3.35. The summed E-state index contributed by atoms with van der Waals surface area (Å²) in [4.78, 5) is 36.7. The average molecular weight is 463 g/mol. The zero-order valence-electron chi connectivity index (χ0n) is 19.0. The fourth-order valence-electron chi connectivity index (χ4n) is 5.69. The third-order valence-corrected chi connectivity index (χ3v) is 7.51. The summed E-state index contributed by atoms with van der Waals surface area (Å²) in [5.41, 5.74) is 4.48. The molecule has 2 fully saturated rings. The molecule has 34 heavy (non-hydrogen) atoms. The van der Waals surface area contributed by atoms with Crippen molar-refractivity contribution in [2.75, 3.05) is 6.61 Å². The minimum atomic E-state index is -1.01. The number of hydrogen-bond acceptors (Lipinski definition) is 4. The number of carbonyl (C=O) groups excluding carboxylic acids is 2. The minimum absolute atomic E-state index is 0.0200. The average Bonchev–Trinajstić information content (AvgIpc) is 3.57. The Kier molecular flexibility index (Phi) is 6.26. The predicted octanol–water partition coefficient (Wildman–Crippen LogP) is 4.06. The van der Waals surface area contributed by atoms with E-state index in [2.05, 4.69) is 22.8 Å². The highest BCUT2D eigenvalue weighted by Gasteiger charge is 2.46. The second-order valence-electron chi connectivity index (χ2n) is 9.66. The molecule has 5 rings (SSSR count). The van der Waals surface area contributed by atoms with Gasteiger partial charge in [-0.15, -0.1) is 0 Å². The summed E-state index contributed by atoms with van der Waals surface area (Å²) in [5.74, 6) is -0.197. The molecule has 0 aliphatic heterocycles. The summed E-state index contributed by atoms with van der Waals surface area (Å²) in [6.45, 7) is 0.138. The van der Waals surface area contributed by atoms with Crippen molar-refractivity contribution in [2.24, 2.45) is 11.8 Å². The summed E-state index contributed by atoms with van der Waals surface area (Å²) >= 11 is 0. The number of carboxylic acids is 1. The van der Waals surface area contributed by atoms with Crippen molar-refractivity contribution in [3.05, 3.63) is 59.7 Å². The van der Waals surface area contributed by atoms with Gasteiger partial charge in [0.2, 0.25) is 5.91 Å². The monoisotopic (exact) mass is 462 g/mol. The van der Waals surface area contributed by atoms with Crippen LogP contribution in [-0.4, -0.2) is 41.8 Å². The summed E-state index contributed by atoms with van der Waals surface area (Å²) in [7, 11) is 0. The quantitative estimate of drug-likeness (QED) is 0.549. The number of aliphatic carboxylic acids is 1. The van der Waals surface area contributed by atoms with Crippen molar-refractivity contribution >= 4 is 18.0 Å². The number of ether oxygens (including phenoxy) is 1. The van der Waals surface area contributed by atoms with Crippen LogP contribution in [0.5, 0.6) is 0 Å². The number of hydrogen-bond donors (Lipinski definition) is 3. The Bertz CT molecular complexity index is 1050. The lowest BCUT2D eigenvalue weighted by Crippen LogP contribution is -2.51. The lowest BCUT2D eigenvalue weighted by Gasteiger charge is -2.26. The maximum absolute atomic E-state index is 12.9. The maximum atomic E-state index is 12.9. The lowest BCUT2D eigenvalue weighted by atomic mass is 9.95. The Balaban J connectivity index is 1.22. The van der Waals surface area contributed by atoms with E-state index >= 15 is 0 Å². The Labute approximate surface area is 198 Å². The van der Waals surface area contributed by atoms with E-state index in [4.69, 9.17) is 9.84 Å². The second-order valence-corrected chi connectivity index (χ2v) is 9.66. The highest BCUT2D eigenvalue weighted by atomic mass is 16.5. The van der Waals surface area contributed by atoms with Gasteiger partial charge in [0.25, 0.3) is 0 Å². The summed E-state index contributed by atoms with van der Waals surface area (Å²) < 4.78 is 5.57. The number of carbonyl (C=O) groups is 3. The molecule has 0 radical (unpaired) electrons. The topological polar surface area (TPSA) is 105 Å². The van der Waals surface area contributed by atoms with Crippen LogP contribution in [0.1, 0.15) is 55.6 Å². The van der Waals surface area contributed by atoms with E-state index in [-0.39, 0.29) is 37.3 Å². The number of carboxylic acid groups (broad SMARTS) is 1. The van der Waals surface area contributed by atoms with Crippen LogP contribution in [0.3, 0.4) is 0 Å². The third kappa shape index (κ3) is 4.65. The van der Waals surface area contributed by atoms with Crippen molar-refractivity contribution in [3.8, 4) is 11.1 Å². The minimum Gasteiger partial charge on any atom is -0.481 e. The third-order valence-electron chi connectivity index (χ3n) is 7.51. The molecule has 2 aromatic carbocycles. The molecule has 2 saturated carbocycles. The van der Waals surface area contributed by atoms with Gasteiger partial charge in [-0.3, -0.25) is 9.59 Å². The van der Waals surface area contributed by atoms with Crippen molar-refractivity contribution in [1.29, 1.82) is 0 Å². The van der Waals surface area contributed by atoms with E-state index < -0.39 is 18.1 Å². The molecule has 3 aliphatic carbocycles. The van der Waals surface area contributed by atoms with Gasteiger partial charge >= 0.3 is 12.1 Å². The highest BCUT2D eigenvalue weighted by molar-refractivity contribution is 5.86. The van der Waals surface area contributed by atoms with Gasteiger partial charge < -0.3 is 20.5 Å². The van der Waals surface area contributed by atoms with E-state index in [1.54, 1.807) is 0 Å². The van der Waals surface area contributed by atoms with Gasteiger partial charge in [0, 0.05) is 18.4 Å². The molecule has 3 N–H and O–H groups in total. The maximum Gasteiger partial charge on any atom is 0.407 e. The molecule has 0 bridgehead atoms. The van der Waals surface area contributed by atoms with Crippen LogP contribution in [0.15, 0.2) is 48.5 Å². The smallest absolute Gasteiger partial charge is 0.407 e. The number of nitrogens with one attached hydrogen (secondary N) is 2. The molecule has 2 aromatic rings. The first-order valence-corrected chi connectivity index (χ1v) is 12.1. The zero-order chi connectivity index (χ0) is 23.7. The van der Waals surface area contributed by atoms with Gasteiger partial charge in [-0.2, -0.15) is 0 Å². The Morgan fingerprint density at radius 3 is 2.35 bits per heavy atom. The van der Waals surface area contributed by atoms with Gasteiger partial charge in [0.05, 0.1) is 0 Å². The van der Waals surface area contributed by atoms with Gasteiger partial charge in [-0.1, -0.05) is 61.4 Å². The van der Waals surface area contributed by atoms with Crippen LogP contribution >= 0.6 is 0 Å². The van der Waals surface area contributed by atoms with E-state index in [9.17, 15) is 14.4 Å². The molecule has 7 heteroatoms. The second kappa shape index (κ2) is 9.49. The standard InChI is InChI=1S/C27H30N2O5/c30-25(31)13-12-24(26(32)28-23-11-5-6-16-14-21(16)23)29-27(33)34-15-22-19-9-3-1-7-17(19)18-8-2-4-10-20(18)22/h1-4,7-10,16,21-24H,5-6,11-15H2,(H,28,32)(H,29,33)(H,30,31).